The smallest absolute Gasteiger partial charge is 0.250 e. The molecule has 0 aliphatic heterocycles. The third kappa shape index (κ3) is 2.55. The molecule has 62 valence electrons. The summed E-state index contributed by atoms with van der Waals surface area (Å²) in [5, 5.41) is 0. The lowest BCUT2D eigenvalue weighted by atomic mass is 10.4. The molecule has 6 heteroatoms. The van der Waals surface area contributed by atoms with Gasteiger partial charge in [0.25, 0.3) is 0 Å². The molecular weight excluding hydrogens is 189 g/mol. The second-order valence-corrected chi connectivity index (χ2v) is 4.35. The standard InChI is InChI=1S/C5H6FNO2S2/c1-4-5(10-3-7-4)2-11(6,8)9/h3H,2H2,1H3. The molecule has 0 atom stereocenters. The van der Waals surface area contributed by atoms with E-state index in [1.54, 1.807) is 6.92 Å². The Morgan fingerprint density at radius 3 is 2.73 bits per heavy atom. The van der Waals surface area contributed by atoms with Gasteiger partial charge in [-0.25, -0.2) is 4.98 Å². The summed E-state index contributed by atoms with van der Waals surface area (Å²) in [6.45, 7) is 1.65. The van der Waals surface area contributed by atoms with Gasteiger partial charge >= 0.3 is 10.2 Å². The predicted octanol–water partition coefficient (Wildman–Crippen LogP) is 1.25. The van der Waals surface area contributed by atoms with E-state index in [9.17, 15) is 12.3 Å². The van der Waals surface area contributed by atoms with Gasteiger partial charge in [-0.15, -0.1) is 15.2 Å². The quantitative estimate of drug-likeness (QED) is 0.667. The molecule has 0 N–H and O–H groups in total. The number of aromatic nitrogens is 1. The fourth-order valence-electron chi connectivity index (χ4n) is 0.621. The lowest BCUT2D eigenvalue weighted by Crippen LogP contribution is -1.95. The molecule has 0 fully saturated rings. The first kappa shape index (κ1) is 8.61. The molecule has 0 saturated carbocycles. The molecular formula is C5H6FNO2S2. The molecule has 0 aliphatic carbocycles. The van der Waals surface area contributed by atoms with Crippen molar-refractivity contribution >= 4 is 21.6 Å². The van der Waals surface area contributed by atoms with Gasteiger partial charge < -0.3 is 0 Å². The van der Waals surface area contributed by atoms with Gasteiger partial charge in [0.2, 0.25) is 0 Å². The summed E-state index contributed by atoms with van der Waals surface area (Å²) in [7, 11) is -4.40. The summed E-state index contributed by atoms with van der Waals surface area (Å²) in [6, 6.07) is 0. The van der Waals surface area contributed by atoms with Crippen LogP contribution in [-0.4, -0.2) is 13.4 Å². The first-order valence-electron chi connectivity index (χ1n) is 2.80. The van der Waals surface area contributed by atoms with Crippen LogP contribution in [-0.2, 0) is 16.0 Å². The molecule has 0 unspecified atom stereocenters. The maximum absolute atomic E-state index is 12.1. The zero-order chi connectivity index (χ0) is 8.48. The molecule has 1 rings (SSSR count). The van der Waals surface area contributed by atoms with E-state index in [0.717, 1.165) is 11.3 Å². The monoisotopic (exact) mass is 195 g/mol. The van der Waals surface area contributed by atoms with E-state index in [0.29, 0.717) is 10.6 Å². The van der Waals surface area contributed by atoms with Crippen molar-refractivity contribution in [3.63, 3.8) is 0 Å². The van der Waals surface area contributed by atoms with Crippen LogP contribution in [0.1, 0.15) is 10.6 Å². The zero-order valence-corrected chi connectivity index (χ0v) is 7.38. The maximum Gasteiger partial charge on any atom is 0.307 e. The minimum absolute atomic E-state index is 0.465. The fourth-order valence-corrected chi connectivity index (χ4v) is 2.40. The van der Waals surface area contributed by atoms with Crippen molar-refractivity contribution in [2.75, 3.05) is 0 Å². The summed E-state index contributed by atoms with van der Waals surface area (Å²) in [5.74, 6) is -0.552. The van der Waals surface area contributed by atoms with Crippen LogP contribution in [0.15, 0.2) is 5.51 Å². The number of rotatable bonds is 2. The van der Waals surface area contributed by atoms with Crippen molar-refractivity contribution in [2.24, 2.45) is 0 Å². The second-order valence-electron chi connectivity index (χ2n) is 2.04. The third-order valence-electron chi connectivity index (χ3n) is 1.15. The Morgan fingerprint density at radius 1 is 1.73 bits per heavy atom. The molecule has 11 heavy (non-hydrogen) atoms. The maximum atomic E-state index is 12.1. The van der Waals surface area contributed by atoms with Crippen LogP contribution in [0.5, 0.6) is 0 Å². The van der Waals surface area contributed by atoms with Crippen molar-refractivity contribution in [1.82, 2.24) is 4.98 Å². The van der Waals surface area contributed by atoms with Crippen LogP contribution < -0.4 is 0 Å². The molecule has 0 spiro atoms. The predicted molar refractivity (Wildman–Crippen MR) is 40.6 cm³/mol. The van der Waals surface area contributed by atoms with E-state index in [1.807, 2.05) is 0 Å². The van der Waals surface area contributed by atoms with Crippen molar-refractivity contribution in [1.29, 1.82) is 0 Å². The van der Waals surface area contributed by atoms with E-state index >= 15 is 0 Å². The Bertz CT molecular complexity index is 343. The topological polar surface area (TPSA) is 47.0 Å². The van der Waals surface area contributed by atoms with Crippen LogP contribution in [0.3, 0.4) is 0 Å². The molecule has 0 radical (unpaired) electrons. The van der Waals surface area contributed by atoms with E-state index in [-0.39, 0.29) is 0 Å². The van der Waals surface area contributed by atoms with Crippen LogP contribution in [0, 0.1) is 6.92 Å². The zero-order valence-electron chi connectivity index (χ0n) is 5.74. The molecule has 0 aromatic carbocycles. The molecule has 1 aromatic rings. The Morgan fingerprint density at radius 2 is 2.36 bits per heavy atom. The number of aryl methyl sites for hydroxylation is 1. The van der Waals surface area contributed by atoms with Crippen LogP contribution in [0.2, 0.25) is 0 Å². The molecule has 3 nitrogen and oxygen atoms in total. The first-order valence-corrected chi connectivity index (χ1v) is 5.23. The fraction of sp³-hybridized carbons (Fsp3) is 0.400. The van der Waals surface area contributed by atoms with E-state index < -0.39 is 16.0 Å². The van der Waals surface area contributed by atoms with Gasteiger partial charge in [-0.1, -0.05) is 0 Å². The van der Waals surface area contributed by atoms with Gasteiger partial charge in [-0.05, 0) is 6.92 Å². The highest BCUT2D eigenvalue weighted by Gasteiger charge is 2.12. The van der Waals surface area contributed by atoms with Gasteiger partial charge in [-0.2, -0.15) is 8.42 Å². The molecule has 1 heterocycles. The normalized spacial score (nSPS) is 11.8. The average molecular weight is 195 g/mol. The highest BCUT2D eigenvalue weighted by molar-refractivity contribution is 7.85. The van der Waals surface area contributed by atoms with Crippen molar-refractivity contribution in [3.8, 4) is 0 Å². The summed E-state index contributed by atoms with van der Waals surface area (Å²) in [4.78, 5) is 4.25. The molecule has 0 bridgehead atoms. The van der Waals surface area contributed by atoms with Crippen molar-refractivity contribution in [3.05, 3.63) is 16.1 Å². The van der Waals surface area contributed by atoms with E-state index in [1.165, 1.54) is 5.51 Å². The minimum atomic E-state index is -4.40. The Hall–Kier alpha value is -0.490. The molecule has 0 aliphatic rings. The van der Waals surface area contributed by atoms with Crippen LogP contribution in [0.4, 0.5) is 3.89 Å². The molecule has 0 saturated heterocycles. The van der Waals surface area contributed by atoms with Gasteiger partial charge in [0.15, 0.2) is 0 Å². The Kier molecular flexibility index (Phi) is 2.24. The van der Waals surface area contributed by atoms with E-state index in [4.69, 9.17) is 0 Å². The molecule has 0 amide bonds. The van der Waals surface area contributed by atoms with Gasteiger partial charge in [0.1, 0.15) is 5.75 Å². The first-order chi connectivity index (χ1) is 4.99. The lowest BCUT2D eigenvalue weighted by Gasteiger charge is -1.90. The van der Waals surface area contributed by atoms with Crippen LogP contribution in [0.25, 0.3) is 0 Å². The van der Waals surface area contributed by atoms with E-state index in [2.05, 4.69) is 4.98 Å². The van der Waals surface area contributed by atoms with Crippen molar-refractivity contribution < 1.29 is 12.3 Å². The largest absolute Gasteiger partial charge is 0.307 e. The minimum Gasteiger partial charge on any atom is -0.250 e. The Balaban J connectivity index is 2.89. The second kappa shape index (κ2) is 2.86. The summed E-state index contributed by atoms with van der Waals surface area (Å²) >= 11 is 1.15. The molecule has 1 aromatic heterocycles. The third-order valence-corrected chi connectivity index (χ3v) is 2.90. The number of hydrogen-bond donors (Lipinski definition) is 0. The average Bonchev–Trinajstić information content (AvgIpc) is 2.12. The number of halogens is 1. The van der Waals surface area contributed by atoms with Gasteiger partial charge in [0.05, 0.1) is 11.2 Å². The number of hydrogen-bond acceptors (Lipinski definition) is 4. The SMILES string of the molecule is Cc1ncsc1CS(=O)(=O)F. The van der Waals surface area contributed by atoms with Crippen molar-refractivity contribution in [2.45, 2.75) is 12.7 Å². The summed E-state index contributed by atoms with van der Waals surface area (Å²) < 4.78 is 32.4. The van der Waals surface area contributed by atoms with Gasteiger partial charge in [0, 0.05) is 4.88 Å². The summed E-state index contributed by atoms with van der Waals surface area (Å²) in [6.07, 6.45) is 0. The summed E-state index contributed by atoms with van der Waals surface area (Å²) in [5.41, 5.74) is 2.08. The number of thiazole rings is 1. The van der Waals surface area contributed by atoms with Gasteiger partial charge in [-0.3, -0.25) is 0 Å². The highest BCUT2D eigenvalue weighted by atomic mass is 32.3. The lowest BCUT2D eigenvalue weighted by molar-refractivity contribution is 0.551. The Labute approximate surface area is 68.1 Å². The number of nitrogens with zero attached hydrogens (tertiary/aromatic N) is 1. The van der Waals surface area contributed by atoms with Crippen LogP contribution >= 0.6 is 11.3 Å². The highest BCUT2D eigenvalue weighted by Crippen LogP contribution is 2.16.